The van der Waals surface area contributed by atoms with Crippen LogP contribution in [0.1, 0.15) is 34.6 Å². The number of rotatable bonds is 1. The second-order valence-electron chi connectivity index (χ2n) is 4.15. The fourth-order valence-electron chi connectivity index (χ4n) is 1.12. The number of hydrogen-bond acceptors (Lipinski definition) is 2. The van der Waals surface area contributed by atoms with Crippen molar-refractivity contribution in [1.82, 2.24) is 0 Å². The molecule has 0 N–H and O–H groups in total. The van der Waals surface area contributed by atoms with Gasteiger partial charge in [-0.05, 0) is 40.7 Å². The Morgan fingerprint density at radius 2 is 1.42 bits per heavy atom. The third-order valence-corrected chi connectivity index (χ3v) is 2.62. The number of ether oxygens (including phenoxy) is 2. The molecule has 0 bridgehead atoms. The van der Waals surface area contributed by atoms with Crippen molar-refractivity contribution in [3.8, 4) is 0 Å². The molecule has 2 nitrogen and oxygen atoms in total. The van der Waals surface area contributed by atoms with Gasteiger partial charge in [0, 0.05) is 0 Å². The van der Waals surface area contributed by atoms with E-state index in [9.17, 15) is 0 Å². The average Bonchev–Trinajstić information content (AvgIpc) is 2.02. The Morgan fingerprint density at radius 3 is 1.75 bits per heavy atom. The molecule has 1 rings (SSSR count). The van der Waals surface area contributed by atoms with Gasteiger partial charge in [0.25, 0.3) is 0 Å². The lowest BCUT2D eigenvalue weighted by molar-refractivity contribution is -0.0506. The lowest BCUT2D eigenvalue weighted by Crippen LogP contribution is -2.41. The van der Waals surface area contributed by atoms with Gasteiger partial charge in [0.05, 0.1) is 11.2 Å². The highest BCUT2D eigenvalue weighted by Crippen LogP contribution is 2.38. The molecule has 0 saturated carbocycles. The molecule has 1 saturated heterocycles. The quantitative estimate of drug-likeness (QED) is 0.563. The Hall–Kier alpha value is -0.340. The Labute approximate surface area is 74.6 Å². The topological polar surface area (TPSA) is 18.5 Å². The van der Waals surface area contributed by atoms with Gasteiger partial charge in [0.1, 0.15) is 0 Å². The standard InChI is InChI=1S/C10H18O2/c1-6-7-8-11-9(2,3)10(4,5)12-8/h6-8H,1-5H3/b7-6+. The van der Waals surface area contributed by atoms with Gasteiger partial charge in [0.2, 0.25) is 0 Å². The van der Waals surface area contributed by atoms with Gasteiger partial charge in [-0.2, -0.15) is 0 Å². The van der Waals surface area contributed by atoms with E-state index in [1.807, 2.05) is 19.1 Å². The SMILES string of the molecule is C/C=C/C1OC(C)(C)C(C)(C)O1. The summed E-state index contributed by atoms with van der Waals surface area (Å²) in [4.78, 5) is 0. The molecule has 0 radical (unpaired) electrons. The maximum Gasteiger partial charge on any atom is 0.178 e. The van der Waals surface area contributed by atoms with E-state index in [0.717, 1.165) is 0 Å². The summed E-state index contributed by atoms with van der Waals surface area (Å²) < 4.78 is 11.4. The summed E-state index contributed by atoms with van der Waals surface area (Å²) in [5.74, 6) is 0. The van der Waals surface area contributed by atoms with Crippen molar-refractivity contribution in [2.24, 2.45) is 0 Å². The van der Waals surface area contributed by atoms with Crippen LogP contribution in [0.25, 0.3) is 0 Å². The molecular weight excluding hydrogens is 152 g/mol. The highest BCUT2D eigenvalue weighted by atomic mass is 16.7. The Kier molecular flexibility index (Phi) is 2.32. The first-order valence-corrected chi connectivity index (χ1v) is 4.37. The van der Waals surface area contributed by atoms with Crippen molar-refractivity contribution < 1.29 is 9.47 Å². The van der Waals surface area contributed by atoms with E-state index >= 15 is 0 Å². The van der Waals surface area contributed by atoms with Crippen molar-refractivity contribution in [3.05, 3.63) is 12.2 Å². The molecule has 1 aliphatic heterocycles. The predicted molar refractivity (Wildman–Crippen MR) is 48.9 cm³/mol. The summed E-state index contributed by atoms with van der Waals surface area (Å²) in [5, 5.41) is 0. The van der Waals surface area contributed by atoms with Crippen LogP contribution < -0.4 is 0 Å². The minimum absolute atomic E-state index is 0.181. The van der Waals surface area contributed by atoms with Gasteiger partial charge in [-0.3, -0.25) is 0 Å². The molecule has 0 aromatic carbocycles. The van der Waals surface area contributed by atoms with Crippen LogP contribution in [-0.2, 0) is 9.47 Å². The number of hydrogen-bond donors (Lipinski definition) is 0. The molecule has 0 amide bonds. The molecule has 0 atom stereocenters. The first kappa shape index (κ1) is 9.75. The van der Waals surface area contributed by atoms with Crippen LogP contribution in [0, 0.1) is 0 Å². The predicted octanol–water partition coefficient (Wildman–Crippen LogP) is 2.49. The summed E-state index contributed by atoms with van der Waals surface area (Å²) in [7, 11) is 0. The Bertz CT molecular complexity index is 176. The molecule has 2 heteroatoms. The van der Waals surface area contributed by atoms with Crippen molar-refractivity contribution in [3.63, 3.8) is 0 Å². The van der Waals surface area contributed by atoms with Crippen molar-refractivity contribution in [2.45, 2.75) is 52.1 Å². The summed E-state index contributed by atoms with van der Waals surface area (Å²) in [6.07, 6.45) is 3.69. The van der Waals surface area contributed by atoms with E-state index in [0.29, 0.717) is 0 Å². The third-order valence-electron chi connectivity index (χ3n) is 2.62. The molecule has 1 aliphatic rings. The maximum absolute atomic E-state index is 5.70. The lowest BCUT2D eigenvalue weighted by Gasteiger charge is -2.30. The van der Waals surface area contributed by atoms with Crippen LogP contribution in [0.4, 0.5) is 0 Å². The van der Waals surface area contributed by atoms with E-state index in [1.165, 1.54) is 0 Å². The molecule has 0 aliphatic carbocycles. The molecule has 1 fully saturated rings. The second kappa shape index (κ2) is 2.86. The normalized spacial score (nSPS) is 28.4. The van der Waals surface area contributed by atoms with Gasteiger partial charge in [0.15, 0.2) is 6.29 Å². The van der Waals surface area contributed by atoms with Gasteiger partial charge in [-0.25, -0.2) is 0 Å². The minimum atomic E-state index is -0.211. The van der Waals surface area contributed by atoms with Crippen LogP contribution >= 0.6 is 0 Å². The molecule has 1 heterocycles. The summed E-state index contributed by atoms with van der Waals surface area (Å²) in [6.45, 7) is 10.2. The fraction of sp³-hybridized carbons (Fsp3) is 0.800. The maximum atomic E-state index is 5.70. The smallest absolute Gasteiger partial charge is 0.178 e. The van der Waals surface area contributed by atoms with E-state index in [4.69, 9.17) is 9.47 Å². The molecular formula is C10H18O2. The van der Waals surface area contributed by atoms with Crippen LogP contribution in [0.15, 0.2) is 12.2 Å². The fourth-order valence-corrected chi connectivity index (χ4v) is 1.12. The van der Waals surface area contributed by atoms with Gasteiger partial charge >= 0.3 is 0 Å². The Morgan fingerprint density at radius 1 is 1.00 bits per heavy atom. The molecule has 70 valence electrons. The highest BCUT2D eigenvalue weighted by Gasteiger charge is 2.48. The summed E-state index contributed by atoms with van der Waals surface area (Å²) >= 11 is 0. The van der Waals surface area contributed by atoms with Gasteiger partial charge in [-0.15, -0.1) is 0 Å². The molecule has 0 aromatic rings. The second-order valence-corrected chi connectivity index (χ2v) is 4.15. The van der Waals surface area contributed by atoms with Crippen LogP contribution in [0.2, 0.25) is 0 Å². The van der Waals surface area contributed by atoms with Crippen LogP contribution in [-0.4, -0.2) is 17.5 Å². The molecule has 12 heavy (non-hydrogen) atoms. The van der Waals surface area contributed by atoms with Crippen molar-refractivity contribution in [2.75, 3.05) is 0 Å². The van der Waals surface area contributed by atoms with Gasteiger partial charge < -0.3 is 9.47 Å². The minimum Gasteiger partial charge on any atom is -0.340 e. The average molecular weight is 170 g/mol. The van der Waals surface area contributed by atoms with E-state index < -0.39 is 0 Å². The van der Waals surface area contributed by atoms with E-state index in [1.54, 1.807) is 0 Å². The van der Waals surface area contributed by atoms with Crippen molar-refractivity contribution >= 4 is 0 Å². The highest BCUT2D eigenvalue weighted by molar-refractivity contribution is 4.98. The molecule has 0 spiro atoms. The first-order valence-electron chi connectivity index (χ1n) is 4.37. The summed E-state index contributed by atoms with van der Waals surface area (Å²) in [5.41, 5.74) is -0.422. The van der Waals surface area contributed by atoms with Gasteiger partial charge in [-0.1, -0.05) is 6.08 Å². The van der Waals surface area contributed by atoms with E-state index in [-0.39, 0.29) is 17.5 Å². The van der Waals surface area contributed by atoms with Crippen LogP contribution in [0.5, 0.6) is 0 Å². The van der Waals surface area contributed by atoms with E-state index in [2.05, 4.69) is 27.7 Å². The first-order chi connectivity index (χ1) is 5.39. The zero-order valence-electron chi connectivity index (χ0n) is 8.55. The summed E-state index contributed by atoms with van der Waals surface area (Å²) in [6, 6.07) is 0. The molecule has 0 unspecified atom stereocenters. The lowest BCUT2D eigenvalue weighted by atomic mass is 9.90. The zero-order chi connectivity index (χ0) is 9.41. The van der Waals surface area contributed by atoms with Crippen molar-refractivity contribution in [1.29, 1.82) is 0 Å². The third kappa shape index (κ3) is 1.54. The van der Waals surface area contributed by atoms with Crippen LogP contribution in [0.3, 0.4) is 0 Å². The number of allylic oxidation sites excluding steroid dienone is 1. The monoisotopic (exact) mass is 170 g/mol. The largest absolute Gasteiger partial charge is 0.340 e. The zero-order valence-corrected chi connectivity index (χ0v) is 8.55. The molecule has 0 aromatic heterocycles. The Balaban J connectivity index is 2.74.